The Bertz CT molecular complexity index is 527. The molecule has 1 atom stereocenters. The zero-order chi connectivity index (χ0) is 13.8. The number of hydrogen-bond acceptors (Lipinski definition) is 4. The first-order chi connectivity index (χ1) is 9.08. The molecule has 1 unspecified atom stereocenters. The fraction of sp³-hybridized carbons (Fsp3) is 0.417. The van der Waals surface area contributed by atoms with Crippen LogP contribution in [0.4, 0.5) is 8.78 Å². The molecule has 0 aliphatic carbocycles. The van der Waals surface area contributed by atoms with Crippen molar-refractivity contribution in [1.82, 2.24) is 25.1 Å². The summed E-state index contributed by atoms with van der Waals surface area (Å²) in [5, 5.41) is 11.5. The maximum atomic E-state index is 13.3. The summed E-state index contributed by atoms with van der Waals surface area (Å²) in [5.74, 6) is -1.73. The highest BCUT2D eigenvalue weighted by atomic mass is 19.2. The number of halogens is 2. The molecule has 0 saturated carbocycles. The number of nitrogens with zero attached hydrogens (tertiary/aromatic N) is 5. The van der Waals surface area contributed by atoms with Gasteiger partial charge in [0.25, 0.3) is 0 Å². The van der Waals surface area contributed by atoms with Gasteiger partial charge in [-0.3, -0.25) is 0 Å². The third kappa shape index (κ3) is 3.31. The first-order valence-electron chi connectivity index (χ1n) is 5.90. The van der Waals surface area contributed by atoms with Gasteiger partial charge < -0.3 is 4.90 Å². The van der Waals surface area contributed by atoms with Crippen molar-refractivity contribution in [3.8, 4) is 0 Å². The summed E-state index contributed by atoms with van der Waals surface area (Å²) < 4.78 is 26.3. The molecule has 2 aromatic rings. The molecule has 102 valence electrons. The van der Waals surface area contributed by atoms with Crippen LogP contribution in [-0.4, -0.2) is 45.7 Å². The molecule has 0 bridgehead atoms. The minimum absolute atomic E-state index is 0.264. The Labute approximate surface area is 109 Å². The average molecular weight is 267 g/mol. The van der Waals surface area contributed by atoms with Gasteiger partial charge in [-0.05, 0) is 50.0 Å². The summed E-state index contributed by atoms with van der Waals surface area (Å²) in [4.78, 5) is 3.42. The second-order valence-corrected chi connectivity index (χ2v) is 4.54. The van der Waals surface area contributed by atoms with Gasteiger partial charge in [0.15, 0.2) is 18.0 Å². The summed E-state index contributed by atoms with van der Waals surface area (Å²) in [7, 11) is 3.88. The minimum atomic E-state index is -0.868. The van der Waals surface area contributed by atoms with E-state index in [0.29, 0.717) is 12.0 Å². The van der Waals surface area contributed by atoms with Crippen LogP contribution in [-0.2, 0) is 0 Å². The maximum Gasteiger partial charge on any atom is 0.162 e. The predicted molar refractivity (Wildman–Crippen MR) is 65.5 cm³/mol. The van der Waals surface area contributed by atoms with Crippen molar-refractivity contribution in [2.75, 3.05) is 20.6 Å². The van der Waals surface area contributed by atoms with E-state index in [2.05, 4.69) is 15.4 Å². The number of benzene rings is 1. The second kappa shape index (κ2) is 5.83. The monoisotopic (exact) mass is 267 g/mol. The summed E-state index contributed by atoms with van der Waals surface area (Å²) in [6.45, 7) is 0.769. The predicted octanol–water partition coefficient (Wildman–Crippen LogP) is 1.49. The minimum Gasteiger partial charge on any atom is -0.309 e. The second-order valence-electron chi connectivity index (χ2n) is 4.54. The van der Waals surface area contributed by atoms with Crippen LogP contribution in [0.25, 0.3) is 0 Å². The molecule has 0 amide bonds. The molecule has 0 N–H and O–H groups in total. The molecule has 0 aliphatic heterocycles. The lowest BCUT2D eigenvalue weighted by molar-refractivity contribution is 0.338. The number of tetrazole rings is 1. The molecule has 1 aromatic heterocycles. The van der Waals surface area contributed by atoms with Gasteiger partial charge in [0, 0.05) is 0 Å². The summed E-state index contributed by atoms with van der Waals surface area (Å²) in [6, 6.07) is 3.57. The summed E-state index contributed by atoms with van der Waals surface area (Å²) in [6.07, 6.45) is 2.00. The van der Waals surface area contributed by atoms with Gasteiger partial charge in [-0.2, -0.15) is 4.80 Å². The van der Waals surface area contributed by atoms with Gasteiger partial charge in [-0.15, -0.1) is 10.2 Å². The van der Waals surface area contributed by atoms with Crippen molar-refractivity contribution >= 4 is 0 Å². The third-order valence-electron chi connectivity index (χ3n) is 2.82. The van der Waals surface area contributed by atoms with Crippen LogP contribution in [0.2, 0.25) is 0 Å². The molecule has 0 radical (unpaired) electrons. The van der Waals surface area contributed by atoms with Gasteiger partial charge in [0.05, 0.1) is 6.04 Å². The average Bonchev–Trinajstić information content (AvgIpc) is 2.87. The topological polar surface area (TPSA) is 46.8 Å². The molecule has 1 heterocycles. The van der Waals surface area contributed by atoms with Crippen LogP contribution in [0, 0.1) is 11.6 Å². The smallest absolute Gasteiger partial charge is 0.162 e. The normalized spacial score (nSPS) is 12.9. The van der Waals surface area contributed by atoms with E-state index >= 15 is 0 Å². The van der Waals surface area contributed by atoms with Crippen molar-refractivity contribution < 1.29 is 8.78 Å². The molecule has 7 heteroatoms. The van der Waals surface area contributed by atoms with Crippen LogP contribution < -0.4 is 0 Å². The Hall–Kier alpha value is -1.89. The molecular formula is C12H15F2N5. The molecule has 5 nitrogen and oxygen atoms in total. The Morgan fingerprint density at radius 1 is 1.26 bits per heavy atom. The zero-order valence-electron chi connectivity index (χ0n) is 10.8. The van der Waals surface area contributed by atoms with Crippen molar-refractivity contribution in [2.45, 2.75) is 12.5 Å². The molecular weight excluding hydrogens is 252 g/mol. The first-order valence-corrected chi connectivity index (χ1v) is 5.90. The largest absolute Gasteiger partial charge is 0.309 e. The van der Waals surface area contributed by atoms with Gasteiger partial charge in [0.1, 0.15) is 0 Å². The third-order valence-corrected chi connectivity index (χ3v) is 2.82. The highest BCUT2D eigenvalue weighted by Gasteiger charge is 2.17. The van der Waals surface area contributed by atoms with Crippen LogP contribution >= 0.6 is 0 Å². The van der Waals surface area contributed by atoms with Crippen LogP contribution in [0.5, 0.6) is 0 Å². The number of rotatable bonds is 5. The van der Waals surface area contributed by atoms with E-state index in [4.69, 9.17) is 0 Å². The number of hydrogen-bond donors (Lipinski definition) is 0. The van der Waals surface area contributed by atoms with Crippen LogP contribution in [0.1, 0.15) is 18.0 Å². The van der Waals surface area contributed by atoms with E-state index in [1.54, 1.807) is 6.07 Å². The van der Waals surface area contributed by atoms with Gasteiger partial charge in [0.2, 0.25) is 0 Å². The number of aromatic nitrogens is 4. The Morgan fingerprint density at radius 3 is 2.63 bits per heavy atom. The maximum absolute atomic E-state index is 13.3. The van der Waals surface area contributed by atoms with Crippen molar-refractivity contribution in [2.24, 2.45) is 0 Å². The van der Waals surface area contributed by atoms with Gasteiger partial charge in [-0.1, -0.05) is 6.07 Å². The van der Waals surface area contributed by atoms with E-state index in [1.165, 1.54) is 17.2 Å². The van der Waals surface area contributed by atoms with Crippen molar-refractivity contribution in [3.05, 3.63) is 41.7 Å². The fourth-order valence-corrected chi connectivity index (χ4v) is 1.83. The molecule has 0 spiro atoms. The van der Waals surface area contributed by atoms with Crippen LogP contribution in [0.3, 0.4) is 0 Å². The standard InChI is InChI=1S/C12H15F2N5/c1-18(2)6-5-12(19-16-8-15-17-19)9-3-4-10(13)11(14)7-9/h3-4,7-8,12H,5-6H2,1-2H3. The van der Waals surface area contributed by atoms with Crippen molar-refractivity contribution in [1.29, 1.82) is 0 Å². The molecule has 0 saturated heterocycles. The summed E-state index contributed by atoms with van der Waals surface area (Å²) >= 11 is 0. The quantitative estimate of drug-likeness (QED) is 0.823. The molecule has 0 aliphatic rings. The molecule has 19 heavy (non-hydrogen) atoms. The van der Waals surface area contributed by atoms with E-state index in [0.717, 1.165) is 12.6 Å². The van der Waals surface area contributed by atoms with E-state index in [1.807, 2.05) is 19.0 Å². The van der Waals surface area contributed by atoms with E-state index in [9.17, 15) is 8.78 Å². The first kappa shape index (κ1) is 13.5. The Morgan fingerprint density at radius 2 is 2.05 bits per heavy atom. The Kier molecular flexibility index (Phi) is 4.16. The molecule has 1 aromatic carbocycles. The van der Waals surface area contributed by atoms with Crippen molar-refractivity contribution in [3.63, 3.8) is 0 Å². The molecule has 0 fully saturated rings. The molecule has 2 rings (SSSR count). The lowest BCUT2D eigenvalue weighted by atomic mass is 10.0. The zero-order valence-corrected chi connectivity index (χ0v) is 10.8. The lowest BCUT2D eigenvalue weighted by Crippen LogP contribution is -2.21. The SMILES string of the molecule is CN(C)CCC(c1ccc(F)c(F)c1)n1ncnn1. The highest BCUT2D eigenvalue weighted by Crippen LogP contribution is 2.22. The van der Waals surface area contributed by atoms with E-state index in [-0.39, 0.29) is 6.04 Å². The van der Waals surface area contributed by atoms with E-state index < -0.39 is 11.6 Å². The fourth-order valence-electron chi connectivity index (χ4n) is 1.83. The van der Waals surface area contributed by atoms with Gasteiger partial charge >= 0.3 is 0 Å². The van der Waals surface area contributed by atoms with Gasteiger partial charge in [-0.25, -0.2) is 8.78 Å². The summed E-state index contributed by atoms with van der Waals surface area (Å²) in [5.41, 5.74) is 0.624. The van der Waals surface area contributed by atoms with Crippen LogP contribution in [0.15, 0.2) is 24.5 Å². The highest BCUT2D eigenvalue weighted by molar-refractivity contribution is 5.21. The Balaban J connectivity index is 2.28. The lowest BCUT2D eigenvalue weighted by Gasteiger charge is -2.18.